The second kappa shape index (κ2) is 13.3. The highest BCUT2D eigenvalue weighted by Crippen LogP contribution is 2.47. The van der Waals surface area contributed by atoms with E-state index in [1.807, 2.05) is 6.07 Å². The van der Waals surface area contributed by atoms with Crippen LogP contribution < -0.4 is 4.72 Å². The summed E-state index contributed by atoms with van der Waals surface area (Å²) in [5.41, 5.74) is -14.4. The van der Waals surface area contributed by atoms with Gasteiger partial charge in [-0.1, -0.05) is 6.92 Å². The molecular formula is C22H31F9N2O7S. The van der Waals surface area contributed by atoms with Crippen molar-refractivity contribution in [2.45, 2.75) is 89.9 Å². The summed E-state index contributed by atoms with van der Waals surface area (Å²) in [5.74, 6) is -3.42. The second-order valence-corrected chi connectivity index (χ2v) is 11.9. The molecule has 0 aliphatic carbocycles. The number of nitrogens with zero attached hydrogens (tertiary/aromatic N) is 1. The Morgan fingerprint density at radius 1 is 0.927 bits per heavy atom. The Balaban J connectivity index is 5.88. The predicted molar refractivity (Wildman–Crippen MR) is 122 cm³/mol. The van der Waals surface area contributed by atoms with Crippen molar-refractivity contribution >= 4 is 22.0 Å². The zero-order chi connectivity index (χ0) is 32.9. The quantitative estimate of drug-likeness (QED) is 0.161. The number of ether oxygens (including phenoxy) is 2. The number of rotatable bonds is 14. The predicted octanol–water partition coefficient (Wildman–Crippen LogP) is 4.51. The summed E-state index contributed by atoms with van der Waals surface area (Å²) in [5, 5.41) is 18.6. The molecule has 41 heavy (non-hydrogen) atoms. The van der Waals surface area contributed by atoms with Gasteiger partial charge in [0.1, 0.15) is 12.7 Å². The molecule has 4 unspecified atom stereocenters. The molecule has 0 saturated carbocycles. The molecule has 0 amide bonds. The fourth-order valence-corrected chi connectivity index (χ4v) is 4.42. The van der Waals surface area contributed by atoms with Crippen LogP contribution in [0.15, 0.2) is 0 Å². The first-order valence-corrected chi connectivity index (χ1v) is 13.3. The van der Waals surface area contributed by atoms with Crippen LogP contribution in [-0.2, 0) is 29.1 Å². The van der Waals surface area contributed by atoms with E-state index in [2.05, 4.69) is 0 Å². The molecule has 0 rings (SSSR count). The van der Waals surface area contributed by atoms with Crippen LogP contribution in [0, 0.1) is 28.1 Å². The number of nitriles is 1. The van der Waals surface area contributed by atoms with Gasteiger partial charge in [-0.05, 0) is 47.0 Å². The number of carbonyl (C=O) groups excluding carboxylic acids is 2. The molecule has 4 atom stereocenters. The van der Waals surface area contributed by atoms with Crippen molar-refractivity contribution in [2.24, 2.45) is 16.7 Å². The summed E-state index contributed by atoms with van der Waals surface area (Å²) < 4.78 is 148. The van der Waals surface area contributed by atoms with Crippen molar-refractivity contribution in [3.8, 4) is 6.07 Å². The first kappa shape index (κ1) is 38.7. The molecule has 240 valence electrons. The summed E-state index contributed by atoms with van der Waals surface area (Å²) in [7, 11) is -5.75. The molecule has 0 spiro atoms. The van der Waals surface area contributed by atoms with Gasteiger partial charge in [0.2, 0.25) is 0 Å². The minimum absolute atomic E-state index is 0.198. The van der Waals surface area contributed by atoms with Gasteiger partial charge in [-0.25, -0.2) is 13.1 Å². The number of alkyl halides is 9. The number of nitrogens with one attached hydrogen (secondary N) is 1. The Labute approximate surface area is 230 Å². The van der Waals surface area contributed by atoms with E-state index in [-0.39, 0.29) is 12.8 Å². The van der Waals surface area contributed by atoms with Gasteiger partial charge in [0.25, 0.3) is 5.60 Å². The van der Waals surface area contributed by atoms with Crippen LogP contribution in [0.4, 0.5) is 39.5 Å². The summed E-state index contributed by atoms with van der Waals surface area (Å²) in [4.78, 5) is 25.9. The topological polar surface area (TPSA) is 143 Å². The van der Waals surface area contributed by atoms with E-state index in [1.54, 1.807) is 0 Å². The van der Waals surface area contributed by atoms with Crippen LogP contribution in [0.25, 0.3) is 0 Å². The molecule has 0 bridgehead atoms. The summed E-state index contributed by atoms with van der Waals surface area (Å²) in [6, 6.07) is 1.82. The van der Waals surface area contributed by atoms with Crippen molar-refractivity contribution in [3.63, 3.8) is 0 Å². The average Bonchev–Trinajstić information content (AvgIpc) is 2.78. The van der Waals surface area contributed by atoms with Crippen molar-refractivity contribution in [1.29, 1.82) is 5.26 Å². The number of esters is 2. The molecule has 0 radical (unpaired) electrons. The molecule has 0 aliphatic heterocycles. The van der Waals surface area contributed by atoms with Crippen LogP contribution in [0.2, 0.25) is 0 Å². The number of halogens is 9. The highest BCUT2D eigenvalue weighted by atomic mass is 32.2. The SMILES string of the molecule is CCC(C)(CC(C)(CC(C)C#N)C(=O)OCCNS(=O)(=O)C(F)(F)F)C(=O)OC(C)CC(O)(C(F)(F)F)C(F)(F)F. The highest BCUT2D eigenvalue weighted by molar-refractivity contribution is 7.90. The number of carbonyl (C=O) groups is 2. The number of hydrogen-bond acceptors (Lipinski definition) is 8. The van der Waals surface area contributed by atoms with Gasteiger partial charge in [-0.3, -0.25) is 9.59 Å². The monoisotopic (exact) mass is 638 g/mol. The fraction of sp³-hybridized carbons (Fsp3) is 0.864. The van der Waals surface area contributed by atoms with E-state index >= 15 is 0 Å². The summed E-state index contributed by atoms with van der Waals surface area (Å²) in [6.45, 7) is 3.89. The second-order valence-electron chi connectivity index (χ2n) is 10.1. The van der Waals surface area contributed by atoms with Gasteiger partial charge in [-0.2, -0.15) is 44.8 Å². The standard InChI is InChI=1S/C22H31F9N2O7S/c1-6-17(4,16(35)40-14(3)10-19(36,20(23,24)25)21(26,27)28)12-18(5,9-13(2)11-32)15(34)39-8-7-33-41(37,38)22(29,30)31/h13-14,33,36H,6-10,12H2,1-5H3. The molecule has 0 fully saturated rings. The van der Waals surface area contributed by atoms with E-state index in [0.717, 1.165) is 4.72 Å². The molecule has 0 aromatic carbocycles. The van der Waals surface area contributed by atoms with Crippen LogP contribution >= 0.6 is 0 Å². The maximum absolute atomic E-state index is 13.0. The third-order valence-corrected chi connectivity index (χ3v) is 7.48. The average molecular weight is 639 g/mol. The molecule has 9 nitrogen and oxygen atoms in total. The van der Waals surface area contributed by atoms with Crippen LogP contribution in [0.5, 0.6) is 0 Å². The van der Waals surface area contributed by atoms with Gasteiger partial charge >= 0.3 is 39.8 Å². The maximum atomic E-state index is 13.0. The molecule has 0 aromatic heterocycles. The lowest BCUT2D eigenvalue weighted by molar-refractivity contribution is -0.373. The fourth-order valence-electron chi connectivity index (χ4n) is 3.90. The lowest BCUT2D eigenvalue weighted by atomic mass is 9.68. The van der Waals surface area contributed by atoms with E-state index in [9.17, 15) is 67.9 Å². The molecule has 2 N–H and O–H groups in total. The Bertz CT molecular complexity index is 1060. The molecule has 0 saturated heterocycles. The van der Waals surface area contributed by atoms with Crippen LogP contribution in [0.1, 0.15) is 60.3 Å². The first-order valence-electron chi connectivity index (χ1n) is 11.8. The summed E-state index contributed by atoms with van der Waals surface area (Å²) >= 11 is 0. The number of aliphatic hydroxyl groups is 1. The van der Waals surface area contributed by atoms with Crippen LogP contribution in [-0.4, -0.2) is 68.2 Å². The van der Waals surface area contributed by atoms with E-state index in [0.29, 0.717) is 6.92 Å². The Morgan fingerprint density at radius 2 is 1.41 bits per heavy atom. The Kier molecular flexibility index (Phi) is 12.6. The van der Waals surface area contributed by atoms with Gasteiger partial charge in [-0.15, -0.1) is 0 Å². The first-order chi connectivity index (χ1) is 18.1. The van der Waals surface area contributed by atoms with E-state index in [1.165, 1.54) is 27.7 Å². The molecular weight excluding hydrogens is 607 g/mol. The molecule has 0 aliphatic rings. The highest BCUT2D eigenvalue weighted by Gasteiger charge is 2.70. The Morgan fingerprint density at radius 3 is 1.80 bits per heavy atom. The minimum atomic E-state index is -6.16. The van der Waals surface area contributed by atoms with E-state index < -0.39 is 94.3 Å². The maximum Gasteiger partial charge on any atom is 0.511 e. The Hall–Kier alpha value is -2.33. The van der Waals surface area contributed by atoms with Gasteiger partial charge in [0.15, 0.2) is 0 Å². The zero-order valence-electron chi connectivity index (χ0n) is 22.6. The van der Waals surface area contributed by atoms with Crippen molar-refractivity contribution in [2.75, 3.05) is 13.2 Å². The largest absolute Gasteiger partial charge is 0.511 e. The molecule has 19 heteroatoms. The van der Waals surface area contributed by atoms with Gasteiger partial charge in [0, 0.05) is 18.9 Å². The smallest absolute Gasteiger partial charge is 0.464 e. The third-order valence-electron chi connectivity index (χ3n) is 6.28. The van der Waals surface area contributed by atoms with Crippen molar-refractivity contribution < 1.29 is 72.1 Å². The lowest BCUT2D eigenvalue weighted by Crippen LogP contribution is -2.58. The van der Waals surface area contributed by atoms with Crippen molar-refractivity contribution in [1.82, 2.24) is 4.72 Å². The zero-order valence-corrected chi connectivity index (χ0v) is 23.4. The van der Waals surface area contributed by atoms with E-state index in [4.69, 9.17) is 9.47 Å². The van der Waals surface area contributed by atoms with Gasteiger partial charge < -0.3 is 14.6 Å². The third kappa shape index (κ3) is 9.87. The number of hydrogen-bond donors (Lipinski definition) is 2. The minimum Gasteiger partial charge on any atom is -0.464 e. The number of sulfonamides is 1. The normalized spacial score (nSPS) is 17.9. The van der Waals surface area contributed by atoms with Gasteiger partial charge in [0.05, 0.1) is 16.9 Å². The summed E-state index contributed by atoms with van der Waals surface area (Å²) in [6.07, 6.45) is -17.6. The molecule has 0 aromatic rings. The molecule has 0 heterocycles. The lowest BCUT2D eigenvalue weighted by Gasteiger charge is -2.38. The van der Waals surface area contributed by atoms with Crippen molar-refractivity contribution in [3.05, 3.63) is 0 Å². The van der Waals surface area contributed by atoms with Crippen LogP contribution in [0.3, 0.4) is 0 Å².